The van der Waals surface area contributed by atoms with E-state index in [1.165, 1.54) is 18.3 Å². The Balaban J connectivity index is 2.85. The molecule has 0 amide bonds. The molecule has 17 heavy (non-hydrogen) atoms. The maximum Gasteiger partial charge on any atom is 0.126 e. The molecule has 3 nitrogen and oxygen atoms in total. The van der Waals surface area contributed by atoms with Crippen LogP contribution in [-0.2, 0) is 0 Å². The molecule has 86 valence electrons. The zero-order chi connectivity index (χ0) is 12.4. The minimum absolute atomic E-state index is 0.251. The number of pyridine rings is 1. The van der Waals surface area contributed by atoms with Crippen LogP contribution in [0.15, 0.2) is 18.3 Å². The van der Waals surface area contributed by atoms with Gasteiger partial charge in [-0.05, 0) is 13.0 Å². The van der Waals surface area contributed by atoms with Crippen LogP contribution in [0.1, 0.15) is 12.5 Å². The number of aromatic nitrogens is 1. The summed E-state index contributed by atoms with van der Waals surface area (Å²) < 4.78 is 13.2. The largest absolute Gasteiger partial charge is 0.384 e. The average Bonchev–Trinajstić information content (AvgIpc) is 2.29. The van der Waals surface area contributed by atoms with Crippen LogP contribution in [0.5, 0.6) is 0 Å². The molecule has 1 heterocycles. The van der Waals surface area contributed by atoms with Crippen LogP contribution in [0.2, 0.25) is 5.02 Å². The van der Waals surface area contributed by atoms with Crippen molar-refractivity contribution in [2.75, 3.05) is 11.9 Å². The number of anilines is 1. The number of nitrogens with one attached hydrogen (secondary N) is 1. The fourth-order valence-electron chi connectivity index (χ4n) is 1.69. The molecule has 0 fully saturated rings. The second kappa shape index (κ2) is 4.56. The molecule has 0 aliphatic rings. The Labute approximate surface area is 103 Å². The summed E-state index contributed by atoms with van der Waals surface area (Å²) in [6, 6.07) is 4.55. The van der Waals surface area contributed by atoms with Crippen molar-refractivity contribution in [3.8, 4) is 6.07 Å². The number of nitrogens with zero attached hydrogens (tertiary/aromatic N) is 2. The van der Waals surface area contributed by atoms with Gasteiger partial charge in [-0.25, -0.2) is 4.39 Å². The summed E-state index contributed by atoms with van der Waals surface area (Å²) >= 11 is 6.00. The summed E-state index contributed by atoms with van der Waals surface area (Å²) in [5, 5.41) is 12.9. The molecule has 2 rings (SSSR count). The van der Waals surface area contributed by atoms with Crippen LogP contribution >= 0.6 is 11.6 Å². The molecule has 0 saturated carbocycles. The zero-order valence-electron chi connectivity index (χ0n) is 9.09. The van der Waals surface area contributed by atoms with Gasteiger partial charge >= 0.3 is 0 Å². The first-order valence-electron chi connectivity index (χ1n) is 5.09. The van der Waals surface area contributed by atoms with Crippen LogP contribution in [0.4, 0.5) is 10.1 Å². The molecule has 0 spiro atoms. The van der Waals surface area contributed by atoms with E-state index >= 15 is 0 Å². The monoisotopic (exact) mass is 249 g/mol. The van der Waals surface area contributed by atoms with E-state index in [1.54, 1.807) is 0 Å². The molecule has 0 unspecified atom stereocenters. The number of hydrogen-bond donors (Lipinski definition) is 1. The summed E-state index contributed by atoms with van der Waals surface area (Å²) in [5.74, 6) is -0.442. The number of nitriles is 1. The van der Waals surface area contributed by atoms with Gasteiger partial charge in [0.25, 0.3) is 0 Å². The van der Waals surface area contributed by atoms with E-state index in [1.807, 2.05) is 13.0 Å². The first kappa shape index (κ1) is 11.6. The number of fused-ring (bicyclic) bond motifs is 1. The molecule has 0 atom stereocenters. The number of halogens is 2. The Kier molecular flexibility index (Phi) is 3.12. The highest BCUT2D eigenvalue weighted by atomic mass is 35.5. The predicted molar refractivity (Wildman–Crippen MR) is 65.6 cm³/mol. The van der Waals surface area contributed by atoms with Crippen LogP contribution in [-0.4, -0.2) is 11.5 Å². The highest BCUT2D eigenvalue weighted by Crippen LogP contribution is 2.32. The topological polar surface area (TPSA) is 48.7 Å². The fraction of sp³-hybridized carbons (Fsp3) is 0.167. The average molecular weight is 250 g/mol. The summed E-state index contributed by atoms with van der Waals surface area (Å²) in [6.45, 7) is 2.55. The Hall–Kier alpha value is -1.86. The lowest BCUT2D eigenvalue weighted by atomic mass is 10.1. The van der Waals surface area contributed by atoms with Crippen LogP contribution in [0.3, 0.4) is 0 Å². The molecule has 5 heteroatoms. The smallest absolute Gasteiger partial charge is 0.126 e. The van der Waals surface area contributed by atoms with Crippen molar-refractivity contribution < 1.29 is 4.39 Å². The standard InChI is InChI=1S/C12H9ClFN3/c1-2-16-12-7(5-15)6-17-10-4-8(14)3-9(13)11(10)12/h3-4,6H,2H2,1H3,(H,16,17). The lowest BCUT2D eigenvalue weighted by Crippen LogP contribution is -2.01. The van der Waals surface area contributed by atoms with E-state index in [0.29, 0.717) is 28.7 Å². The second-order valence-electron chi connectivity index (χ2n) is 3.47. The van der Waals surface area contributed by atoms with Gasteiger partial charge in [-0.2, -0.15) is 5.26 Å². The van der Waals surface area contributed by atoms with E-state index in [0.717, 1.165) is 0 Å². The summed E-state index contributed by atoms with van der Waals surface area (Å²) in [6.07, 6.45) is 1.41. The summed E-state index contributed by atoms with van der Waals surface area (Å²) in [4.78, 5) is 4.03. The Morgan fingerprint density at radius 3 is 2.94 bits per heavy atom. The molecule has 0 radical (unpaired) electrons. The Morgan fingerprint density at radius 1 is 1.53 bits per heavy atom. The normalized spacial score (nSPS) is 10.2. The van der Waals surface area contributed by atoms with E-state index in [9.17, 15) is 4.39 Å². The highest BCUT2D eigenvalue weighted by molar-refractivity contribution is 6.36. The summed E-state index contributed by atoms with van der Waals surface area (Å²) in [5.41, 5.74) is 1.43. The molecule has 0 bridgehead atoms. The van der Waals surface area contributed by atoms with Crippen molar-refractivity contribution in [2.24, 2.45) is 0 Å². The van der Waals surface area contributed by atoms with E-state index in [2.05, 4.69) is 10.3 Å². The van der Waals surface area contributed by atoms with Crippen LogP contribution in [0.25, 0.3) is 10.9 Å². The van der Waals surface area contributed by atoms with Crippen molar-refractivity contribution >= 4 is 28.2 Å². The minimum Gasteiger partial charge on any atom is -0.384 e. The quantitative estimate of drug-likeness (QED) is 0.888. The van der Waals surface area contributed by atoms with Gasteiger partial charge in [-0.3, -0.25) is 4.98 Å². The van der Waals surface area contributed by atoms with Crippen LogP contribution < -0.4 is 5.32 Å². The molecule has 0 saturated heterocycles. The van der Waals surface area contributed by atoms with Gasteiger partial charge < -0.3 is 5.32 Å². The van der Waals surface area contributed by atoms with Crippen molar-refractivity contribution in [2.45, 2.75) is 6.92 Å². The van der Waals surface area contributed by atoms with Gasteiger partial charge in [0.15, 0.2) is 0 Å². The van der Waals surface area contributed by atoms with E-state index in [4.69, 9.17) is 16.9 Å². The van der Waals surface area contributed by atoms with Crippen molar-refractivity contribution in [1.82, 2.24) is 4.98 Å². The Morgan fingerprint density at radius 2 is 2.29 bits per heavy atom. The van der Waals surface area contributed by atoms with Crippen molar-refractivity contribution in [3.05, 3.63) is 34.7 Å². The van der Waals surface area contributed by atoms with Gasteiger partial charge in [0.1, 0.15) is 11.9 Å². The molecular formula is C12H9ClFN3. The molecule has 0 aliphatic carbocycles. The SMILES string of the molecule is CCNc1c(C#N)cnc2cc(F)cc(Cl)c12. The van der Waals surface area contributed by atoms with Crippen LogP contribution in [0, 0.1) is 17.1 Å². The van der Waals surface area contributed by atoms with Crippen molar-refractivity contribution in [3.63, 3.8) is 0 Å². The number of benzene rings is 1. The minimum atomic E-state index is -0.442. The molecule has 1 aromatic heterocycles. The van der Waals surface area contributed by atoms with Crippen molar-refractivity contribution in [1.29, 1.82) is 5.26 Å². The first-order valence-corrected chi connectivity index (χ1v) is 5.47. The third-order valence-electron chi connectivity index (χ3n) is 2.36. The lowest BCUT2D eigenvalue weighted by molar-refractivity contribution is 0.629. The zero-order valence-corrected chi connectivity index (χ0v) is 9.85. The molecule has 2 aromatic rings. The highest BCUT2D eigenvalue weighted by Gasteiger charge is 2.12. The number of rotatable bonds is 2. The number of hydrogen-bond acceptors (Lipinski definition) is 3. The maximum absolute atomic E-state index is 13.2. The second-order valence-corrected chi connectivity index (χ2v) is 3.88. The molecule has 0 aliphatic heterocycles. The Bertz CT molecular complexity index is 619. The van der Waals surface area contributed by atoms with Gasteiger partial charge in [0.05, 0.1) is 21.8 Å². The van der Waals surface area contributed by atoms with Gasteiger partial charge in [0.2, 0.25) is 0 Å². The van der Waals surface area contributed by atoms with E-state index < -0.39 is 5.82 Å². The first-order chi connectivity index (χ1) is 8.17. The van der Waals surface area contributed by atoms with E-state index in [-0.39, 0.29) is 5.02 Å². The molecule has 1 aromatic carbocycles. The van der Waals surface area contributed by atoms with Gasteiger partial charge in [0, 0.05) is 24.2 Å². The molecular weight excluding hydrogens is 241 g/mol. The molecule has 1 N–H and O–H groups in total. The third-order valence-corrected chi connectivity index (χ3v) is 2.66. The lowest BCUT2D eigenvalue weighted by Gasteiger charge is -2.10. The predicted octanol–water partition coefficient (Wildman–Crippen LogP) is 3.33. The van der Waals surface area contributed by atoms with Gasteiger partial charge in [-0.15, -0.1) is 0 Å². The fourth-order valence-corrected chi connectivity index (χ4v) is 1.98. The maximum atomic E-state index is 13.2. The third kappa shape index (κ3) is 2.02. The van der Waals surface area contributed by atoms with Gasteiger partial charge in [-0.1, -0.05) is 11.6 Å². The summed E-state index contributed by atoms with van der Waals surface area (Å²) in [7, 11) is 0.